The summed E-state index contributed by atoms with van der Waals surface area (Å²) in [5.74, 6) is 13.3. The molecule has 6 heteroatoms. The summed E-state index contributed by atoms with van der Waals surface area (Å²) in [6.45, 7) is 0. The van der Waals surface area contributed by atoms with Crippen LogP contribution in [0.2, 0.25) is 69.0 Å². The summed E-state index contributed by atoms with van der Waals surface area (Å²) in [6.07, 6.45) is 0. The van der Waals surface area contributed by atoms with Crippen LogP contribution in [0.15, 0.2) is 0 Å². The van der Waals surface area contributed by atoms with Crippen molar-refractivity contribution >= 4 is 92.9 Å². The van der Waals surface area contributed by atoms with Gasteiger partial charge in [0.2, 0.25) is 0 Å². The maximum absolute atomic E-state index is 2.22. The molecule has 0 unspecified atom stereocenters. The third-order valence-electron chi connectivity index (χ3n) is 0. The van der Waals surface area contributed by atoms with Crippen LogP contribution < -0.4 is 0 Å². The van der Waals surface area contributed by atoms with Gasteiger partial charge in [-0.1, -0.05) is 0 Å². The quantitative estimate of drug-likeness (QED) is 0.435. The van der Waals surface area contributed by atoms with E-state index in [9.17, 15) is 0 Å². The molecule has 6 radical (unpaired) electrons. The summed E-state index contributed by atoms with van der Waals surface area (Å²) in [5, 5.41) is 0. The van der Waals surface area contributed by atoms with Gasteiger partial charge < -0.3 is 0 Å². The first kappa shape index (κ1) is 37.5. The summed E-state index contributed by atoms with van der Waals surface area (Å²) < 4.78 is 0. The van der Waals surface area contributed by atoms with Gasteiger partial charge in [-0.05, 0) is 0 Å². The van der Waals surface area contributed by atoms with Crippen LogP contribution in [0, 0.1) is 0 Å². The Bertz CT molecular complexity index is 38.0. The smallest absolute Gasteiger partial charge is 0.115 e. The number of rotatable bonds is 0. The predicted molar refractivity (Wildman–Crippen MR) is 105 cm³/mol. The zero-order valence-corrected chi connectivity index (χ0v) is 24.2. The summed E-state index contributed by atoms with van der Waals surface area (Å²) >= 11 is 4.31. The zero-order chi connectivity index (χ0) is 16.2. The Hall–Kier alpha value is 3.27. The van der Waals surface area contributed by atoms with E-state index in [1.54, 1.807) is 0 Å². The van der Waals surface area contributed by atoms with Gasteiger partial charge in [0.05, 0.1) is 0 Å². The molecule has 0 amide bonds. The standard InChI is InChI=1S/3C2H6As.6CH3.3Al/c3*1-3-2;;;;;;;;;/h3*1-2H3;6*1H3;;;. The van der Waals surface area contributed by atoms with Crippen LogP contribution in [0.25, 0.3) is 0 Å². The van der Waals surface area contributed by atoms with Gasteiger partial charge in [0.25, 0.3) is 0 Å². The fourth-order valence-electron chi connectivity index (χ4n) is 0. The van der Waals surface area contributed by atoms with Crippen molar-refractivity contribution < 1.29 is 0 Å². The first-order valence-corrected chi connectivity index (χ1v) is 24.3. The SMILES string of the molecule is C[As]C.C[As]C.C[As]C.[CH3][Al][CH3].[CH3][Al][CH3].[CH3][Al][CH3]. The van der Waals surface area contributed by atoms with Crippen molar-refractivity contribution in [3.05, 3.63) is 0 Å². The van der Waals surface area contributed by atoms with E-state index in [0.29, 0.717) is 47.3 Å². The zero-order valence-electron chi connectivity index (χ0n) is 15.1. The fourth-order valence-corrected chi connectivity index (χ4v) is 0. The van der Waals surface area contributed by atoms with E-state index in [2.05, 4.69) is 69.0 Å². The van der Waals surface area contributed by atoms with Gasteiger partial charge in [0.15, 0.2) is 45.7 Å². The van der Waals surface area contributed by atoms with Crippen molar-refractivity contribution in [2.45, 2.75) is 69.0 Å². The topological polar surface area (TPSA) is 0 Å². The minimum absolute atomic E-state index is 0.688. The molecule has 0 spiro atoms. The van der Waals surface area contributed by atoms with Crippen LogP contribution >= 0.6 is 0 Å². The van der Waals surface area contributed by atoms with E-state index in [1.165, 1.54) is 0 Å². The monoisotopic (exact) mass is 486 g/mol. The van der Waals surface area contributed by atoms with Gasteiger partial charge in [0.1, 0.15) is 0 Å². The third-order valence-corrected chi connectivity index (χ3v) is 0. The molecule has 0 aliphatic heterocycles. The average Bonchev–Trinajstić information content (AvgIpc) is 2.23. The summed E-state index contributed by atoms with van der Waals surface area (Å²) in [6, 6.07) is 0. The molecule has 0 aromatic rings. The molecule has 0 aromatic heterocycles. The van der Waals surface area contributed by atoms with Crippen molar-refractivity contribution in [3.63, 3.8) is 0 Å². The van der Waals surface area contributed by atoms with Gasteiger partial charge in [0, 0.05) is 0 Å². The third kappa shape index (κ3) is 601. The molecule has 0 rings (SSSR count). The van der Waals surface area contributed by atoms with E-state index in [1.807, 2.05) is 0 Å². The van der Waals surface area contributed by atoms with Crippen molar-refractivity contribution in [1.29, 1.82) is 0 Å². The van der Waals surface area contributed by atoms with E-state index in [4.69, 9.17) is 0 Å². The summed E-state index contributed by atoms with van der Waals surface area (Å²) in [4.78, 5) is 0. The second kappa shape index (κ2) is 87.6. The average molecular weight is 486 g/mol. The van der Waals surface area contributed by atoms with Crippen LogP contribution in [-0.4, -0.2) is 92.9 Å². The molecule has 0 N–H and O–H groups in total. The van der Waals surface area contributed by atoms with Gasteiger partial charge >= 0.3 is 81.5 Å². The Kier molecular flexibility index (Phi) is 182. The van der Waals surface area contributed by atoms with E-state index >= 15 is 0 Å². The summed E-state index contributed by atoms with van der Waals surface area (Å²) in [5.41, 5.74) is 13.3. The summed E-state index contributed by atoms with van der Waals surface area (Å²) in [7, 11) is 0. The molecule has 108 valence electrons. The molecule has 0 nitrogen and oxygen atoms in total. The molecular weight excluding hydrogens is 450 g/mol. The van der Waals surface area contributed by atoms with Crippen molar-refractivity contribution in [2.24, 2.45) is 0 Å². The minimum Gasteiger partial charge on any atom is -0.115 e. The van der Waals surface area contributed by atoms with Crippen LogP contribution in [0.4, 0.5) is 0 Å². The first-order valence-electron chi connectivity index (χ1n) is 6.15. The number of hydrogen-bond donors (Lipinski definition) is 0. The minimum atomic E-state index is 0.688. The van der Waals surface area contributed by atoms with E-state index in [0.717, 1.165) is 45.7 Å². The molecule has 0 aliphatic rings. The van der Waals surface area contributed by atoms with Gasteiger partial charge in [-0.25, -0.2) is 0 Å². The van der Waals surface area contributed by atoms with E-state index in [-0.39, 0.29) is 0 Å². The Morgan fingerprint density at radius 1 is 0.389 bits per heavy atom. The van der Waals surface area contributed by atoms with E-state index < -0.39 is 0 Å². The maximum Gasteiger partial charge on any atom is 0.191 e. The molecule has 0 atom stereocenters. The van der Waals surface area contributed by atoms with Crippen LogP contribution in [0.1, 0.15) is 0 Å². The largest absolute Gasteiger partial charge is 0.191 e. The fraction of sp³-hybridized carbons (Fsp3) is 1.00. The van der Waals surface area contributed by atoms with Crippen LogP contribution in [-0.2, 0) is 0 Å². The molecule has 0 heterocycles. The molecule has 18 heavy (non-hydrogen) atoms. The molecular formula is C12H36Al3As3. The Morgan fingerprint density at radius 3 is 0.389 bits per heavy atom. The second-order valence-electron chi connectivity index (χ2n) is 3.07. The molecule has 0 aromatic carbocycles. The normalized spacial score (nSPS) is 5.33. The van der Waals surface area contributed by atoms with Gasteiger partial charge in [-0.2, -0.15) is 0 Å². The van der Waals surface area contributed by atoms with Gasteiger partial charge in [-0.15, -0.1) is 34.7 Å². The van der Waals surface area contributed by atoms with Crippen molar-refractivity contribution in [1.82, 2.24) is 0 Å². The predicted octanol–water partition coefficient (Wildman–Crippen LogP) is 4.72. The molecule has 0 aliphatic carbocycles. The molecule has 0 bridgehead atoms. The first-order chi connectivity index (χ1) is 8.49. The Morgan fingerprint density at radius 2 is 0.389 bits per heavy atom. The van der Waals surface area contributed by atoms with Crippen molar-refractivity contribution in [2.75, 3.05) is 0 Å². The second-order valence-corrected chi connectivity index (χ2v) is 12.2. The number of hydrogen-bond acceptors (Lipinski definition) is 0. The molecule has 0 fully saturated rings. The Balaban J connectivity index is -0.0000000240. The van der Waals surface area contributed by atoms with Crippen LogP contribution in [0.5, 0.6) is 0 Å². The van der Waals surface area contributed by atoms with Crippen molar-refractivity contribution in [3.8, 4) is 0 Å². The molecule has 0 saturated heterocycles. The molecule has 0 saturated carbocycles. The maximum atomic E-state index is 2.22. The van der Waals surface area contributed by atoms with Gasteiger partial charge in [-0.3, -0.25) is 0 Å². The Labute approximate surface area is 160 Å². The van der Waals surface area contributed by atoms with Crippen LogP contribution in [0.3, 0.4) is 0 Å².